The van der Waals surface area contributed by atoms with Crippen LogP contribution in [0.1, 0.15) is 32.7 Å². The van der Waals surface area contributed by atoms with Crippen molar-refractivity contribution in [1.82, 2.24) is 0 Å². The van der Waals surface area contributed by atoms with Crippen molar-refractivity contribution >= 4 is 17.6 Å². The molecule has 0 fully saturated rings. The third kappa shape index (κ3) is 3.34. The second kappa shape index (κ2) is 6.52. The molecule has 5 heteroatoms. The van der Waals surface area contributed by atoms with E-state index in [1.54, 1.807) is 30.3 Å². The lowest BCUT2D eigenvalue weighted by atomic mass is 10.0. The summed E-state index contributed by atoms with van der Waals surface area (Å²) < 4.78 is 10.2. The van der Waals surface area contributed by atoms with Gasteiger partial charge in [0.15, 0.2) is 0 Å². The van der Waals surface area contributed by atoms with Gasteiger partial charge in [-0.15, -0.1) is 0 Å². The van der Waals surface area contributed by atoms with E-state index in [4.69, 9.17) is 4.74 Å². The predicted octanol–water partition coefficient (Wildman–Crippen LogP) is 3.05. The van der Waals surface area contributed by atoms with Crippen molar-refractivity contribution in [2.45, 2.75) is 12.8 Å². The number of hydrogen-bond donors (Lipinski definition) is 1. The Hall–Kier alpha value is -2.82. The van der Waals surface area contributed by atoms with Gasteiger partial charge in [0.05, 0.1) is 19.3 Å². The summed E-state index contributed by atoms with van der Waals surface area (Å²) in [7, 11) is 1.33. The van der Waals surface area contributed by atoms with E-state index in [1.165, 1.54) is 7.11 Å². The number of carbonyl (C=O) groups is 2. The van der Waals surface area contributed by atoms with Gasteiger partial charge in [-0.3, -0.25) is 4.79 Å². The Bertz CT molecular complexity index is 737. The van der Waals surface area contributed by atoms with Crippen molar-refractivity contribution in [3.63, 3.8) is 0 Å². The molecular weight excluding hydrogens is 294 g/mol. The van der Waals surface area contributed by atoms with Gasteiger partial charge in [-0.05, 0) is 60.9 Å². The molecule has 0 saturated carbocycles. The number of benzene rings is 2. The molecule has 1 amide bonds. The average Bonchev–Trinajstić information content (AvgIpc) is 2.61. The number of rotatable bonds is 3. The topological polar surface area (TPSA) is 64.6 Å². The zero-order valence-corrected chi connectivity index (χ0v) is 12.8. The number of anilines is 1. The lowest BCUT2D eigenvalue weighted by molar-refractivity contribution is 0.0600. The first-order chi connectivity index (χ1) is 11.2. The summed E-state index contributed by atoms with van der Waals surface area (Å²) >= 11 is 0. The third-order valence-electron chi connectivity index (χ3n) is 3.73. The summed E-state index contributed by atoms with van der Waals surface area (Å²) in [6, 6.07) is 12.0. The number of methoxy groups -OCH3 is 1. The fourth-order valence-electron chi connectivity index (χ4n) is 2.51. The van der Waals surface area contributed by atoms with Crippen LogP contribution in [0, 0.1) is 0 Å². The Balaban J connectivity index is 1.72. The van der Waals surface area contributed by atoms with Crippen molar-refractivity contribution in [3.8, 4) is 5.75 Å². The van der Waals surface area contributed by atoms with Gasteiger partial charge in [0, 0.05) is 11.3 Å². The van der Waals surface area contributed by atoms with E-state index < -0.39 is 5.97 Å². The quantitative estimate of drug-likeness (QED) is 0.885. The predicted molar refractivity (Wildman–Crippen MR) is 86.0 cm³/mol. The van der Waals surface area contributed by atoms with Gasteiger partial charge in [0.25, 0.3) is 5.91 Å². The fraction of sp³-hybridized carbons (Fsp3) is 0.222. The molecule has 1 heterocycles. The first kappa shape index (κ1) is 15.1. The highest BCUT2D eigenvalue weighted by Gasteiger charge is 2.14. The molecular formula is C18H17NO4. The highest BCUT2D eigenvalue weighted by Crippen LogP contribution is 2.26. The van der Waals surface area contributed by atoms with E-state index in [1.807, 2.05) is 12.1 Å². The SMILES string of the molecule is COC(=O)c1ccc(NC(=O)c2ccc3c(c2)CCCO3)cc1. The van der Waals surface area contributed by atoms with Gasteiger partial charge in [-0.25, -0.2) is 4.79 Å². The van der Waals surface area contributed by atoms with Crippen LogP contribution >= 0.6 is 0 Å². The number of amides is 1. The zero-order valence-electron chi connectivity index (χ0n) is 12.8. The van der Waals surface area contributed by atoms with E-state index in [9.17, 15) is 9.59 Å². The number of hydrogen-bond acceptors (Lipinski definition) is 4. The molecule has 0 atom stereocenters. The highest BCUT2D eigenvalue weighted by molar-refractivity contribution is 6.04. The van der Waals surface area contributed by atoms with Crippen molar-refractivity contribution in [3.05, 3.63) is 59.2 Å². The summed E-state index contributed by atoms with van der Waals surface area (Å²) in [4.78, 5) is 23.7. The van der Waals surface area contributed by atoms with Gasteiger partial charge in [0.1, 0.15) is 5.75 Å². The lowest BCUT2D eigenvalue weighted by Crippen LogP contribution is -2.14. The van der Waals surface area contributed by atoms with Crippen LogP contribution in [0.5, 0.6) is 5.75 Å². The van der Waals surface area contributed by atoms with Crippen molar-refractivity contribution < 1.29 is 19.1 Å². The lowest BCUT2D eigenvalue weighted by Gasteiger charge is -2.17. The summed E-state index contributed by atoms with van der Waals surface area (Å²) in [6.07, 6.45) is 1.89. The normalized spacial score (nSPS) is 12.7. The fourth-order valence-corrected chi connectivity index (χ4v) is 2.51. The number of ether oxygens (including phenoxy) is 2. The van der Waals surface area contributed by atoms with E-state index in [0.29, 0.717) is 16.8 Å². The first-order valence-corrected chi connectivity index (χ1v) is 7.43. The van der Waals surface area contributed by atoms with Gasteiger partial charge in [0.2, 0.25) is 0 Å². The number of nitrogens with one attached hydrogen (secondary N) is 1. The Kier molecular flexibility index (Phi) is 4.28. The zero-order chi connectivity index (χ0) is 16.2. The minimum atomic E-state index is -0.405. The molecule has 5 nitrogen and oxygen atoms in total. The maximum absolute atomic E-state index is 12.3. The molecule has 1 aliphatic heterocycles. The Morgan fingerprint density at radius 1 is 1.09 bits per heavy atom. The van der Waals surface area contributed by atoms with Crippen molar-refractivity contribution in [1.29, 1.82) is 0 Å². The van der Waals surface area contributed by atoms with Crippen LogP contribution in [0.4, 0.5) is 5.69 Å². The van der Waals surface area contributed by atoms with E-state index in [0.717, 1.165) is 30.8 Å². The Morgan fingerprint density at radius 3 is 2.57 bits per heavy atom. The van der Waals surface area contributed by atoms with Crippen molar-refractivity contribution in [2.75, 3.05) is 19.0 Å². The average molecular weight is 311 g/mol. The second-order valence-corrected chi connectivity index (χ2v) is 5.30. The summed E-state index contributed by atoms with van der Waals surface area (Å²) in [6.45, 7) is 0.727. The smallest absolute Gasteiger partial charge is 0.337 e. The van der Waals surface area contributed by atoms with E-state index in [2.05, 4.69) is 10.1 Å². The number of aryl methyl sites for hydroxylation is 1. The second-order valence-electron chi connectivity index (χ2n) is 5.30. The molecule has 23 heavy (non-hydrogen) atoms. The first-order valence-electron chi connectivity index (χ1n) is 7.43. The van der Waals surface area contributed by atoms with Crippen LogP contribution in [0.15, 0.2) is 42.5 Å². The maximum Gasteiger partial charge on any atom is 0.337 e. The van der Waals surface area contributed by atoms with Gasteiger partial charge in [-0.1, -0.05) is 0 Å². The summed E-state index contributed by atoms with van der Waals surface area (Å²) in [5, 5.41) is 2.82. The molecule has 1 N–H and O–H groups in total. The van der Waals surface area contributed by atoms with Crippen LogP contribution in [0.2, 0.25) is 0 Å². The molecule has 0 bridgehead atoms. The van der Waals surface area contributed by atoms with E-state index in [-0.39, 0.29) is 5.91 Å². The van der Waals surface area contributed by atoms with Crippen LogP contribution in [-0.2, 0) is 11.2 Å². The van der Waals surface area contributed by atoms with Gasteiger partial charge >= 0.3 is 5.97 Å². The molecule has 0 saturated heterocycles. The van der Waals surface area contributed by atoms with Gasteiger partial charge < -0.3 is 14.8 Å². The molecule has 1 aliphatic rings. The summed E-state index contributed by atoms with van der Waals surface area (Å²) in [5.41, 5.74) is 2.71. The summed E-state index contributed by atoms with van der Waals surface area (Å²) in [5.74, 6) is 0.261. The monoisotopic (exact) mass is 311 g/mol. The molecule has 3 rings (SSSR count). The number of esters is 1. The van der Waals surface area contributed by atoms with Crippen LogP contribution < -0.4 is 10.1 Å². The molecule has 2 aromatic carbocycles. The molecule has 118 valence electrons. The maximum atomic E-state index is 12.3. The minimum absolute atomic E-state index is 0.191. The molecule has 2 aromatic rings. The Morgan fingerprint density at radius 2 is 1.83 bits per heavy atom. The van der Waals surface area contributed by atoms with Crippen molar-refractivity contribution in [2.24, 2.45) is 0 Å². The van der Waals surface area contributed by atoms with Crippen LogP contribution in [0.3, 0.4) is 0 Å². The van der Waals surface area contributed by atoms with Crippen LogP contribution in [0.25, 0.3) is 0 Å². The third-order valence-corrected chi connectivity index (χ3v) is 3.73. The molecule has 0 aromatic heterocycles. The number of fused-ring (bicyclic) bond motifs is 1. The molecule has 0 unspecified atom stereocenters. The van der Waals surface area contributed by atoms with E-state index >= 15 is 0 Å². The molecule has 0 aliphatic carbocycles. The number of carbonyl (C=O) groups excluding carboxylic acids is 2. The molecule has 0 spiro atoms. The minimum Gasteiger partial charge on any atom is -0.493 e. The highest BCUT2D eigenvalue weighted by atomic mass is 16.5. The largest absolute Gasteiger partial charge is 0.493 e. The molecule has 0 radical (unpaired) electrons. The van der Waals surface area contributed by atoms with Crippen LogP contribution in [-0.4, -0.2) is 25.6 Å². The standard InChI is InChI=1S/C18H17NO4/c1-22-18(21)12-4-7-15(8-5-12)19-17(20)14-6-9-16-13(11-14)3-2-10-23-16/h4-9,11H,2-3,10H2,1H3,(H,19,20). The van der Waals surface area contributed by atoms with Gasteiger partial charge in [-0.2, -0.15) is 0 Å². The Labute approximate surface area is 134 Å².